The monoisotopic (exact) mass is 278 g/mol. The predicted molar refractivity (Wildman–Crippen MR) is 72.2 cm³/mol. The summed E-state index contributed by atoms with van der Waals surface area (Å²) in [7, 11) is 0. The number of benzene rings is 1. The van der Waals surface area contributed by atoms with Gasteiger partial charge in [0.1, 0.15) is 18.5 Å². The van der Waals surface area contributed by atoms with Crippen LogP contribution in [0.3, 0.4) is 0 Å². The van der Waals surface area contributed by atoms with Gasteiger partial charge in [-0.05, 0) is 31.9 Å². The van der Waals surface area contributed by atoms with Crippen molar-refractivity contribution in [3.05, 3.63) is 29.8 Å². The van der Waals surface area contributed by atoms with Gasteiger partial charge in [-0.25, -0.2) is 5.84 Å². The molecule has 2 rings (SSSR count). The third-order valence-electron chi connectivity index (χ3n) is 3.22. The molecule has 20 heavy (non-hydrogen) atoms. The molecule has 0 aromatic heterocycles. The highest BCUT2D eigenvalue weighted by Crippen LogP contribution is 2.21. The molecule has 6 nitrogen and oxygen atoms in total. The summed E-state index contributed by atoms with van der Waals surface area (Å²) in [6.45, 7) is 1.85. The van der Waals surface area contributed by atoms with Crippen molar-refractivity contribution < 1.29 is 19.1 Å². The van der Waals surface area contributed by atoms with Crippen LogP contribution in [0.25, 0.3) is 0 Å². The van der Waals surface area contributed by atoms with E-state index in [9.17, 15) is 9.59 Å². The number of carbonyl (C=O) groups is 2. The fourth-order valence-electron chi connectivity index (χ4n) is 2.11. The molecule has 1 saturated heterocycles. The molecule has 0 saturated carbocycles. The van der Waals surface area contributed by atoms with Gasteiger partial charge in [-0.15, -0.1) is 0 Å². The van der Waals surface area contributed by atoms with Gasteiger partial charge in [-0.1, -0.05) is 12.1 Å². The maximum atomic E-state index is 11.3. The van der Waals surface area contributed by atoms with E-state index in [1.54, 1.807) is 24.3 Å². The standard InChI is InChI=1S/C14H18N2O4/c1-9(17)10-3-2-4-11(7-10)19-8-12-5-6-13(20-12)14(18)16-15/h2-4,7,12-13H,5-6,8,15H2,1H3,(H,16,18). The van der Waals surface area contributed by atoms with Crippen LogP contribution < -0.4 is 16.0 Å². The average molecular weight is 278 g/mol. The van der Waals surface area contributed by atoms with Crippen LogP contribution in [0, 0.1) is 0 Å². The Morgan fingerprint density at radius 2 is 2.25 bits per heavy atom. The van der Waals surface area contributed by atoms with Crippen LogP contribution in [0.15, 0.2) is 24.3 Å². The Bertz CT molecular complexity index is 504. The second-order valence-electron chi connectivity index (χ2n) is 4.73. The highest BCUT2D eigenvalue weighted by molar-refractivity contribution is 5.94. The first kappa shape index (κ1) is 14.5. The van der Waals surface area contributed by atoms with Gasteiger partial charge in [0.25, 0.3) is 5.91 Å². The Morgan fingerprint density at radius 3 is 2.95 bits per heavy atom. The molecule has 1 aromatic carbocycles. The van der Waals surface area contributed by atoms with Crippen LogP contribution in [0.5, 0.6) is 5.75 Å². The van der Waals surface area contributed by atoms with Crippen molar-refractivity contribution in [1.29, 1.82) is 0 Å². The van der Waals surface area contributed by atoms with E-state index in [0.717, 1.165) is 6.42 Å². The number of hydrazine groups is 1. The minimum absolute atomic E-state index is 0.00718. The molecule has 1 aromatic rings. The van der Waals surface area contributed by atoms with Crippen LogP contribution >= 0.6 is 0 Å². The molecular formula is C14H18N2O4. The third-order valence-corrected chi connectivity index (χ3v) is 3.22. The molecule has 1 heterocycles. The lowest BCUT2D eigenvalue weighted by atomic mass is 10.1. The summed E-state index contributed by atoms with van der Waals surface area (Å²) in [5.74, 6) is 5.36. The molecule has 6 heteroatoms. The lowest BCUT2D eigenvalue weighted by molar-refractivity contribution is -0.132. The van der Waals surface area contributed by atoms with Crippen molar-refractivity contribution in [1.82, 2.24) is 5.43 Å². The van der Waals surface area contributed by atoms with Crippen LogP contribution in [0.1, 0.15) is 30.1 Å². The smallest absolute Gasteiger partial charge is 0.263 e. The van der Waals surface area contributed by atoms with E-state index >= 15 is 0 Å². The highest BCUT2D eigenvalue weighted by Gasteiger charge is 2.30. The minimum atomic E-state index is -0.503. The van der Waals surface area contributed by atoms with E-state index in [0.29, 0.717) is 24.3 Å². The Hall–Kier alpha value is -1.92. The van der Waals surface area contributed by atoms with Crippen LogP contribution in [-0.4, -0.2) is 30.5 Å². The maximum absolute atomic E-state index is 11.3. The van der Waals surface area contributed by atoms with Gasteiger partial charge >= 0.3 is 0 Å². The molecule has 1 aliphatic heterocycles. The van der Waals surface area contributed by atoms with Crippen LogP contribution in [-0.2, 0) is 9.53 Å². The second kappa shape index (κ2) is 6.49. The van der Waals surface area contributed by atoms with E-state index in [4.69, 9.17) is 15.3 Å². The van der Waals surface area contributed by atoms with Crippen LogP contribution in [0.4, 0.5) is 0 Å². The zero-order valence-electron chi connectivity index (χ0n) is 11.3. The van der Waals surface area contributed by atoms with Crippen LogP contribution in [0.2, 0.25) is 0 Å². The second-order valence-corrected chi connectivity index (χ2v) is 4.73. The third kappa shape index (κ3) is 3.55. The molecule has 2 unspecified atom stereocenters. The first-order chi connectivity index (χ1) is 9.60. The number of hydrogen-bond acceptors (Lipinski definition) is 5. The molecule has 1 amide bonds. The number of ether oxygens (including phenoxy) is 2. The van der Waals surface area contributed by atoms with E-state index in [1.807, 2.05) is 0 Å². The summed E-state index contributed by atoms with van der Waals surface area (Å²) >= 11 is 0. The van der Waals surface area contributed by atoms with E-state index < -0.39 is 6.10 Å². The van der Waals surface area contributed by atoms with Gasteiger partial charge in [0, 0.05) is 5.56 Å². The Balaban J connectivity index is 1.86. The minimum Gasteiger partial charge on any atom is -0.491 e. The molecule has 2 atom stereocenters. The lowest BCUT2D eigenvalue weighted by Gasteiger charge is -2.14. The van der Waals surface area contributed by atoms with E-state index in [2.05, 4.69) is 5.43 Å². The lowest BCUT2D eigenvalue weighted by Crippen LogP contribution is -2.39. The number of nitrogens with one attached hydrogen (secondary N) is 1. The number of carbonyl (C=O) groups excluding carboxylic acids is 2. The first-order valence-corrected chi connectivity index (χ1v) is 6.50. The zero-order valence-corrected chi connectivity index (χ0v) is 11.3. The Labute approximate surface area is 117 Å². The van der Waals surface area contributed by atoms with Crippen molar-refractivity contribution in [2.45, 2.75) is 32.0 Å². The number of ketones is 1. The van der Waals surface area contributed by atoms with Crippen molar-refractivity contribution in [2.75, 3.05) is 6.61 Å². The summed E-state index contributed by atoms with van der Waals surface area (Å²) < 4.78 is 11.1. The number of amides is 1. The quantitative estimate of drug-likeness (QED) is 0.360. The molecule has 1 aliphatic rings. The van der Waals surface area contributed by atoms with Crippen molar-refractivity contribution >= 4 is 11.7 Å². The topological polar surface area (TPSA) is 90.7 Å². The zero-order chi connectivity index (χ0) is 14.5. The number of Topliss-reactive ketones (excluding diaryl/α,β-unsaturated/α-hetero) is 1. The number of rotatable bonds is 5. The summed E-state index contributed by atoms with van der Waals surface area (Å²) in [4.78, 5) is 22.6. The number of nitrogens with two attached hydrogens (primary N) is 1. The normalized spacial score (nSPS) is 21.5. The summed E-state index contributed by atoms with van der Waals surface area (Å²) in [5, 5.41) is 0. The molecule has 1 fully saturated rings. The highest BCUT2D eigenvalue weighted by atomic mass is 16.5. The molecule has 0 bridgehead atoms. The van der Waals surface area contributed by atoms with Gasteiger partial charge < -0.3 is 9.47 Å². The molecular weight excluding hydrogens is 260 g/mol. The van der Waals surface area contributed by atoms with Gasteiger partial charge in [0.05, 0.1) is 6.10 Å². The Kier molecular flexibility index (Phi) is 4.70. The summed E-state index contributed by atoms with van der Waals surface area (Å²) in [6.07, 6.45) is 0.727. The average Bonchev–Trinajstić information content (AvgIpc) is 2.93. The SMILES string of the molecule is CC(=O)c1cccc(OCC2CCC(C(=O)NN)O2)c1. The van der Waals surface area contributed by atoms with Crippen molar-refractivity contribution in [3.63, 3.8) is 0 Å². The van der Waals surface area contributed by atoms with E-state index in [1.165, 1.54) is 6.92 Å². The number of hydrogen-bond donors (Lipinski definition) is 2. The van der Waals surface area contributed by atoms with Crippen molar-refractivity contribution in [3.8, 4) is 5.75 Å². The van der Waals surface area contributed by atoms with Gasteiger partial charge in [0.15, 0.2) is 5.78 Å². The van der Waals surface area contributed by atoms with Gasteiger partial charge in [0.2, 0.25) is 0 Å². The summed E-state index contributed by atoms with van der Waals surface area (Å²) in [6, 6.07) is 6.99. The molecule has 3 N–H and O–H groups in total. The molecule has 0 radical (unpaired) electrons. The predicted octanol–water partition coefficient (Wildman–Crippen LogP) is 0.806. The molecule has 0 aliphatic carbocycles. The molecule has 0 spiro atoms. The van der Waals surface area contributed by atoms with E-state index in [-0.39, 0.29) is 17.8 Å². The largest absolute Gasteiger partial charge is 0.491 e. The van der Waals surface area contributed by atoms with Gasteiger partial charge in [-0.2, -0.15) is 0 Å². The Morgan fingerprint density at radius 1 is 1.45 bits per heavy atom. The molecule has 108 valence electrons. The maximum Gasteiger partial charge on any atom is 0.263 e. The fourth-order valence-corrected chi connectivity index (χ4v) is 2.11. The summed E-state index contributed by atoms with van der Waals surface area (Å²) in [5.41, 5.74) is 2.69. The van der Waals surface area contributed by atoms with Crippen molar-refractivity contribution in [2.24, 2.45) is 5.84 Å². The van der Waals surface area contributed by atoms with Gasteiger partial charge in [-0.3, -0.25) is 15.0 Å². The first-order valence-electron chi connectivity index (χ1n) is 6.50. The fraction of sp³-hybridized carbons (Fsp3) is 0.429.